The first-order valence-electron chi connectivity index (χ1n) is 9.17. The van der Waals surface area contributed by atoms with Crippen LogP contribution >= 0.6 is 11.8 Å². The molecular formula is C23H24O3S. The maximum atomic E-state index is 12.6. The molecule has 0 bridgehead atoms. The molecule has 0 N–H and O–H groups in total. The zero-order valence-electron chi connectivity index (χ0n) is 16.0. The van der Waals surface area contributed by atoms with Crippen molar-refractivity contribution in [2.24, 2.45) is 0 Å². The Morgan fingerprint density at radius 3 is 2.52 bits per heavy atom. The number of allylic oxidation sites excluding steroid dienone is 1. The molecule has 0 saturated carbocycles. The summed E-state index contributed by atoms with van der Waals surface area (Å²) in [6.45, 7) is 6.60. The highest BCUT2D eigenvalue weighted by Crippen LogP contribution is 2.41. The quantitative estimate of drug-likeness (QED) is 0.388. The normalized spacial score (nSPS) is 15.4. The Morgan fingerprint density at radius 2 is 1.81 bits per heavy atom. The van der Waals surface area contributed by atoms with Crippen LogP contribution in [0.1, 0.15) is 59.0 Å². The van der Waals surface area contributed by atoms with Gasteiger partial charge >= 0.3 is 5.97 Å². The van der Waals surface area contributed by atoms with Crippen LogP contribution < -0.4 is 0 Å². The minimum absolute atomic E-state index is 0.0151. The van der Waals surface area contributed by atoms with Crippen molar-refractivity contribution in [3.8, 4) is 0 Å². The molecule has 0 aromatic heterocycles. The van der Waals surface area contributed by atoms with Crippen LogP contribution in [0.5, 0.6) is 0 Å². The lowest BCUT2D eigenvalue weighted by Crippen LogP contribution is -2.23. The minimum atomic E-state index is -0.335. The molecule has 0 saturated heterocycles. The van der Waals surface area contributed by atoms with Crippen molar-refractivity contribution in [2.45, 2.75) is 37.5 Å². The highest BCUT2D eigenvalue weighted by Gasteiger charge is 2.28. The Bertz CT molecular complexity index is 879. The van der Waals surface area contributed by atoms with E-state index in [1.165, 1.54) is 10.5 Å². The average Bonchev–Trinajstić information content (AvgIpc) is 2.66. The molecule has 0 aliphatic carbocycles. The Balaban J connectivity index is 1.75. The van der Waals surface area contributed by atoms with Crippen LogP contribution in [0.4, 0.5) is 0 Å². The van der Waals surface area contributed by atoms with E-state index in [4.69, 9.17) is 4.74 Å². The summed E-state index contributed by atoms with van der Waals surface area (Å²) in [4.78, 5) is 25.6. The number of ether oxygens (including phenoxy) is 1. The third-order valence-electron chi connectivity index (χ3n) is 4.83. The molecule has 3 rings (SSSR count). The number of carbonyl (C=O) groups is 2. The maximum Gasteiger partial charge on any atom is 0.338 e. The lowest BCUT2D eigenvalue weighted by molar-refractivity contribution is 0.0526. The summed E-state index contributed by atoms with van der Waals surface area (Å²) in [5, 5.41) is 0. The first-order valence-corrected chi connectivity index (χ1v) is 10.2. The summed E-state index contributed by atoms with van der Waals surface area (Å²) in [5.74, 6) is 0.770. The van der Waals surface area contributed by atoms with Crippen molar-refractivity contribution >= 4 is 29.6 Å². The molecule has 1 aliphatic heterocycles. The summed E-state index contributed by atoms with van der Waals surface area (Å²) < 4.78 is 4.97. The zero-order valence-corrected chi connectivity index (χ0v) is 16.8. The summed E-state index contributed by atoms with van der Waals surface area (Å²) in [5.41, 5.74) is 3.45. The Hall–Kier alpha value is -2.33. The van der Waals surface area contributed by atoms with Crippen LogP contribution in [0.3, 0.4) is 0 Å². The molecule has 0 unspecified atom stereocenters. The van der Waals surface area contributed by atoms with Gasteiger partial charge in [0.05, 0.1) is 12.2 Å². The van der Waals surface area contributed by atoms with Crippen LogP contribution in [0.25, 0.3) is 6.08 Å². The number of rotatable bonds is 5. The van der Waals surface area contributed by atoms with E-state index in [1.54, 1.807) is 31.2 Å². The van der Waals surface area contributed by atoms with E-state index in [0.717, 1.165) is 17.7 Å². The number of ketones is 1. The van der Waals surface area contributed by atoms with Gasteiger partial charge in [0.15, 0.2) is 5.78 Å². The van der Waals surface area contributed by atoms with E-state index < -0.39 is 0 Å². The summed E-state index contributed by atoms with van der Waals surface area (Å²) in [6, 6.07) is 13.0. The van der Waals surface area contributed by atoms with E-state index >= 15 is 0 Å². The fourth-order valence-electron chi connectivity index (χ4n) is 3.10. The van der Waals surface area contributed by atoms with Gasteiger partial charge in [-0.1, -0.05) is 32.1 Å². The van der Waals surface area contributed by atoms with Gasteiger partial charge < -0.3 is 4.74 Å². The van der Waals surface area contributed by atoms with Gasteiger partial charge in [0.2, 0.25) is 0 Å². The first kappa shape index (κ1) is 19.4. The molecule has 1 heterocycles. The number of fused-ring (bicyclic) bond motifs is 1. The molecule has 1 aliphatic rings. The van der Waals surface area contributed by atoms with Gasteiger partial charge in [-0.25, -0.2) is 4.79 Å². The number of thioether (sulfide) groups is 1. The summed E-state index contributed by atoms with van der Waals surface area (Å²) >= 11 is 1.86. The average molecular weight is 381 g/mol. The molecule has 4 heteroatoms. The molecule has 0 spiro atoms. The van der Waals surface area contributed by atoms with Crippen LogP contribution in [-0.2, 0) is 10.2 Å². The molecule has 0 amide bonds. The first-order chi connectivity index (χ1) is 12.9. The molecule has 3 nitrogen and oxygen atoms in total. The summed E-state index contributed by atoms with van der Waals surface area (Å²) in [7, 11) is 0. The Labute approximate surface area is 164 Å². The molecule has 0 radical (unpaired) electrons. The number of hydrogen-bond acceptors (Lipinski definition) is 4. The predicted molar refractivity (Wildman–Crippen MR) is 111 cm³/mol. The number of carbonyl (C=O) groups excluding carboxylic acids is 2. The van der Waals surface area contributed by atoms with Crippen molar-refractivity contribution in [3.05, 3.63) is 70.8 Å². The second-order valence-corrected chi connectivity index (χ2v) is 8.37. The molecule has 27 heavy (non-hydrogen) atoms. The van der Waals surface area contributed by atoms with E-state index in [2.05, 4.69) is 19.9 Å². The van der Waals surface area contributed by atoms with E-state index in [-0.39, 0.29) is 17.2 Å². The molecule has 0 atom stereocenters. The van der Waals surface area contributed by atoms with Crippen LogP contribution in [0.2, 0.25) is 0 Å². The van der Waals surface area contributed by atoms with Gasteiger partial charge in [0, 0.05) is 10.5 Å². The smallest absolute Gasteiger partial charge is 0.338 e. The van der Waals surface area contributed by atoms with E-state index in [9.17, 15) is 9.59 Å². The molecule has 2 aromatic carbocycles. The van der Waals surface area contributed by atoms with Crippen LogP contribution in [0.15, 0.2) is 53.4 Å². The number of esters is 1. The molecular weight excluding hydrogens is 356 g/mol. The van der Waals surface area contributed by atoms with Crippen molar-refractivity contribution in [3.63, 3.8) is 0 Å². The van der Waals surface area contributed by atoms with Crippen molar-refractivity contribution < 1.29 is 14.3 Å². The van der Waals surface area contributed by atoms with E-state index in [1.807, 2.05) is 36.0 Å². The van der Waals surface area contributed by atoms with E-state index in [0.29, 0.717) is 17.7 Å². The summed E-state index contributed by atoms with van der Waals surface area (Å²) in [6.07, 6.45) is 4.48. The highest BCUT2D eigenvalue weighted by molar-refractivity contribution is 7.99. The van der Waals surface area contributed by atoms with Gasteiger partial charge in [0.1, 0.15) is 0 Å². The standard InChI is InChI=1S/C23H24O3S/c1-4-26-22(25)17-8-5-16(6-9-17)7-11-20(24)18-10-12-21-19(15-18)23(2,3)13-14-27-21/h5-12,15H,4,13-14H2,1-3H3/b11-7+. The fraction of sp³-hybridized carbons (Fsp3) is 0.304. The largest absolute Gasteiger partial charge is 0.462 e. The lowest BCUT2D eigenvalue weighted by Gasteiger charge is -2.32. The second-order valence-electron chi connectivity index (χ2n) is 7.23. The molecule has 0 fully saturated rings. The topological polar surface area (TPSA) is 43.4 Å². The Morgan fingerprint density at radius 1 is 1.11 bits per heavy atom. The monoisotopic (exact) mass is 380 g/mol. The second kappa shape index (κ2) is 8.13. The molecule has 2 aromatic rings. The van der Waals surface area contributed by atoms with Crippen molar-refractivity contribution in [1.29, 1.82) is 0 Å². The van der Waals surface area contributed by atoms with Crippen LogP contribution in [0, 0.1) is 0 Å². The van der Waals surface area contributed by atoms with Crippen molar-refractivity contribution in [2.75, 3.05) is 12.4 Å². The minimum Gasteiger partial charge on any atom is -0.462 e. The van der Waals surface area contributed by atoms with Crippen LogP contribution in [-0.4, -0.2) is 24.1 Å². The van der Waals surface area contributed by atoms with Gasteiger partial charge in [-0.15, -0.1) is 11.8 Å². The number of benzene rings is 2. The lowest BCUT2D eigenvalue weighted by atomic mass is 9.81. The van der Waals surface area contributed by atoms with Crippen molar-refractivity contribution in [1.82, 2.24) is 0 Å². The predicted octanol–water partition coefficient (Wildman–Crippen LogP) is 5.53. The zero-order chi connectivity index (χ0) is 19.4. The van der Waals surface area contributed by atoms with Gasteiger partial charge in [0.25, 0.3) is 0 Å². The van der Waals surface area contributed by atoms with Gasteiger partial charge in [-0.3, -0.25) is 4.79 Å². The third-order valence-corrected chi connectivity index (χ3v) is 5.90. The van der Waals surface area contributed by atoms with Gasteiger partial charge in [-0.2, -0.15) is 0 Å². The Kier molecular flexibility index (Phi) is 5.85. The molecule has 140 valence electrons. The SMILES string of the molecule is CCOC(=O)c1ccc(/C=C/C(=O)c2ccc3c(c2)C(C)(C)CCS3)cc1. The fourth-order valence-corrected chi connectivity index (χ4v) is 4.59. The maximum absolute atomic E-state index is 12.6. The highest BCUT2D eigenvalue weighted by atomic mass is 32.2. The number of hydrogen-bond donors (Lipinski definition) is 0. The van der Waals surface area contributed by atoms with Gasteiger partial charge in [-0.05, 0) is 72.0 Å². The third kappa shape index (κ3) is 4.51.